The maximum atomic E-state index is 13.1. The molecule has 8 nitrogen and oxygen atoms in total. The Labute approximate surface area is 199 Å². The Kier molecular flexibility index (Phi) is 9.16. The van der Waals surface area contributed by atoms with Gasteiger partial charge in [0.15, 0.2) is 5.96 Å². The van der Waals surface area contributed by atoms with E-state index in [1.807, 2.05) is 4.90 Å². The number of guanidine groups is 1. The predicted octanol–water partition coefficient (Wildman–Crippen LogP) is 2.33. The lowest BCUT2D eigenvalue weighted by Crippen LogP contribution is -2.51. The highest BCUT2D eigenvalue weighted by molar-refractivity contribution is 14.0. The third-order valence-electron chi connectivity index (χ3n) is 4.59. The van der Waals surface area contributed by atoms with Gasteiger partial charge in [-0.15, -0.1) is 24.0 Å². The Morgan fingerprint density at radius 1 is 1.10 bits per heavy atom. The average molecular weight is 563 g/mol. The first-order valence-electron chi connectivity index (χ1n) is 9.56. The summed E-state index contributed by atoms with van der Waals surface area (Å²) in [6.45, 7) is 3.81. The molecule has 0 spiro atoms. The van der Waals surface area contributed by atoms with Crippen molar-refractivity contribution in [2.75, 3.05) is 55.2 Å². The molecular formula is C20H27FIN5O3S. The molecule has 0 amide bonds. The molecule has 1 aliphatic heterocycles. The van der Waals surface area contributed by atoms with Gasteiger partial charge in [0.25, 0.3) is 0 Å². The number of nitrogens with two attached hydrogens (primary N) is 1. The van der Waals surface area contributed by atoms with Gasteiger partial charge in [0.2, 0.25) is 10.0 Å². The number of hydrogen-bond donors (Lipinski definition) is 2. The molecule has 0 aromatic heterocycles. The van der Waals surface area contributed by atoms with Crippen molar-refractivity contribution >= 4 is 51.3 Å². The number of nitrogens with zero attached hydrogens (tertiary/aromatic N) is 3. The summed E-state index contributed by atoms with van der Waals surface area (Å²) in [6, 6.07) is 13.1. The second-order valence-electron chi connectivity index (χ2n) is 6.94. The molecule has 0 aliphatic carbocycles. The third kappa shape index (κ3) is 8.05. The second kappa shape index (κ2) is 11.4. The van der Waals surface area contributed by atoms with Gasteiger partial charge in [-0.25, -0.2) is 17.8 Å². The molecule has 0 atom stereocenters. The van der Waals surface area contributed by atoms with E-state index in [0.717, 1.165) is 38.1 Å². The average Bonchev–Trinajstić information content (AvgIpc) is 2.72. The Morgan fingerprint density at radius 3 is 2.29 bits per heavy atom. The highest BCUT2D eigenvalue weighted by Gasteiger charge is 2.18. The summed E-state index contributed by atoms with van der Waals surface area (Å²) >= 11 is 0. The third-order valence-corrected chi connectivity index (χ3v) is 5.19. The Balaban J connectivity index is 0.00000341. The number of anilines is 2. The fraction of sp³-hybridized carbons (Fsp3) is 0.350. The quantitative estimate of drug-likeness (QED) is 0.232. The SMILES string of the molecule is CS(=O)(=O)Nc1ccc(OCCN=C(N)N2CCN(c3ccc(F)cc3)CC2)cc1.I. The van der Waals surface area contributed by atoms with Crippen LogP contribution >= 0.6 is 24.0 Å². The maximum absolute atomic E-state index is 13.1. The van der Waals surface area contributed by atoms with Crippen LogP contribution in [0.15, 0.2) is 53.5 Å². The van der Waals surface area contributed by atoms with Crippen LogP contribution < -0.4 is 20.1 Å². The Morgan fingerprint density at radius 2 is 1.71 bits per heavy atom. The molecular weight excluding hydrogens is 536 g/mol. The minimum absolute atomic E-state index is 0. The molecule has 1 heterocycles. The van der Waals surface area contributed by atoms with Crippen molar-refractivity contribution in [2.24, 2.45) is 10.7 Å². The molecule has 11 heteroatoms. The van der Waals surface area contributed by atoms with E-state index in [9.17, 15) is 12.8 Å². The summed E-state index contributed by atoms with van der Waals surface area (Å²) in [5.74, 6) is 0.860. The summed E-state index contributed by atoms with van der Waals surface area (Å²) in [7, 11) is -3.30. The normalized spacial score (nSPS) is 14.7. The fourth-order valence-electron chi connectivity index (χ4n) is 3.10. The number of benzene rings is 2. The molecule has 0 bridgehead atoms. The van der Waals surface area contributed by atoms with E-state index in [0.29, 0.717) is 30.5 Å². The van der Waals surface area contributed by atoms with Gasteiger partial charge in [0.1, 0.15) is 18.2 Å². The zero-order valence-corrected chi connectivity index (χ0v) is 20.3. The molecule has 1 fully saturated rings. The molecule has 0 saturated carbocycles. The Bertz CT molecular complexity index is 963. The summed E-state index contributed by atoms with van der Waals surface area (Å²) in [5, 5.41) is 0. The number of rotatable bonds is 7. The number of hydrogen-bond acceptors (Lipinski definition) is 5. The van der Waals surface area contributed by atoms with E-state index in [4.69, 9.17) is 10.5 Å². The topological polar surface area (TPSA) is 100 Å². The van der Waals surface area contributed by atoms with E-state index in [1.54, 1.807) is 36.4 Å². The lowest BCUT2D eigenvalue weighted by molar-refractivity contribution is 0.326. The van der Waals surface area contributed by atoms with Crippen LogP contribution in [0.1, 0.15) is 0 Å². The monoisotopic (exact) mass is 563 g/mol. The number of sulfonamides is 1. The van der Waals surface area contributed by atoms with Crippen molar-refractivity contribution in [3.8, 4) is 5.75 Å². The second-order valence-corrected chi connectivity index (χ2v) is 8.69. The number of halogens is 2. The predicted molar refractivity (Wildman–Crippen MR) is 132 cm³/mol. The molecule has 1 aliphatic rings. The first-order chi connectivity index (χ1) is 14.3. The first kappa shape index (κ1) is 25.0. The summed E-state index contributed by atoms with van der Waals surface area (Å²) in [6.07, 6.45) is 1.10. The van der Waals surface area contributed by atoms with Crippen molar-refractivity contribution in [3.05, 3.63) is 54.3 Å². The van der Waals surface area contributed by atoms with Gasteiger partial charge in [-0.3, -0.25) is 4.72 Å². The molecule has 3 N–H and O–H groups in total. The molecule has 170 valence electrons. The number of piperazine rings is 1. The molecule has 31 heavy (non-hydrogen) atoms. The van der Waals surface area contributed by atoms with Crippen LogP contribution in [0, 0.1) is 5.82 Å². The van der Waals surface area contributed by atoms with E-state index in [2.05, 4.69) is 14.6 Å². The smallest absolute Gasteiger partial charge is 0.229 e. The van der Waals surface area contributed by atoms with Crippen molar-refractivity contribution in [3.63, 3.8) is 0 Å². The number of ether oxygens (including phenoxy) is 1. The van der Waals surface area contributed by atoms with Crippen LogP contribution in [0.4, 0.5) is 15.8 Å². The van der Waals surface area contributed by atoms with Crippen molar-refractivity contribution in [2.45, 2.75) is 0 Å². The van der Waals surface area contributed by atoms with Gasteiger partial charge >= 0.3 is 0 Å². The van der Waals surface area contributed by atoms with E-state index >= 15 is 0 Å². The van der Waals surface area contributed by atoms with Crippen molar-refractivity contribution < 1.29 is 17.5 Å². The van der Waals surface area contributed by atoms with Gasteiger partial charge < -0.3 is 20.3 Å². The largest absolute Gasteiger partial charge is 0.492 e. The minimum atomic E-state index is -3.30. The van der Waals surface area contributed by atoms with Crippen molar-refractivity contribution in [1.29, 1.82) is 0 Å². The first-order valence-corrected chi connectivity index (χ1v) is 11.5. The van der Waals surface area contributed by atoms with Gasteiger partial charge in [-0.05, 0) is 48.5 Å². The summed E-state index contributed by atoms with van der Waals surface area (Å²) in [5.41, 5.74) is 7.57. The zero-order valence-electron chi connectivity index (χ0n) is 17.2. The van der Waals surface area contributed by atoms with E-state index in [1.165, 1.54) is 12.1 Å². The molecule has 0 radical (unpaired) electrons. The van der Waals surface area contributed by atoms with Crippen LogP contribution in [0.25, 0.3) is 0 Å². The van der Waals surface area contributed by atoms with Gasteiger partial charge in [0, 0.05) is 37.6 Å². The van der Waals surface area contributed by atoms with Gasteiger partial charge in [0.05, 0.1) is 12.8 Å². The highest BCUT2D eigenvalue weighted by Crippen LogP contribution is 2.17. The minimum Gasteiger partial charge on any atom is -0.492 e. The van der Waals surface area contributed by atoms with Crippen molar-refractivity contribution in [1.82, 2.24) is 4.90 Å². The van der Waals surface area contributed by atoms with E-state index in [-0.39, 0.29) is 29.8 Å². The molecule has 0 unspecified atom stereocenters. The van der Waals surface area contributed by atoms with Crippen LogP contribution in [-0.2, 0) is 10.0 Å². The zero-order chi connectivity index (χ0) is 21.6. The van der Waals surface area contributed by atoms with Gasteiger partial charge in [-0.1, -0.05) is 0 Å². The lowest BCUT2D eigenvalue weighted by atomic mass is 10.2. The molecule has 2 aromatic carbocycles. The Hall–Kier alpha value is -2.28. The molecule has 2 aromatic rings. The standard InChI is InChI=1S/C20H26FN5O3S.HI/c1-30(27,28)24-17-4-8-19(9-5-17)29-15-10-23-20(22)26-13-11-25(12-14-26)18-6-2-16(21)3-7-18;/h2-9,24H,10-15H2,1H3,(H2,22,23);1H. The highest BCUT2D eigenvalue weighted by atomic mass is 127. The lowest BCUT2D eigenvalue weighted by Gasteiger charge is -2.36. The number of nitrogens with one attached hydrogen (secondary N) is 1. The number of aliphatic imine (C=N–C) groups is 1. The van der Waals surface area contributed by atoms with Crippen LogP contribution in [0.3, 0.4) is 0 Å². The maximum Gasteiger partial charge on any atom is 0.229 e. The molecule has 1 saturated heterocycles. The fourth-order valence-corrected chi connectivity index (χ4v) is 3.67. The summed E-state index contributed by atoms with van der Waals surface area (Å²) in [4.78, 5) is 8.58. The summed E-state index contributed by atoms with van der Waals surface area (Å²) < 4.78 is 43.5. The van der Waals surface area contributed by atoms with Crippen LogP contribution in [0.5, 0.6) is 5.75 Å². The molecule has 3 rings (SSSR count). The van der Waals surface area contributed by atoms with E-state index < -0.39 is 10.0 Å². The van der Waals surface area contributed by atoms with Crippen LogP contribution in [-0.4, -0.2) is 64.9 Å². The van der Waals surface area contributed by atoms with Gasteiger partial charge in [-0.2, -0.15) is 0 Å². The van der Waals surface area contributed by atoms with Crippen LogP contribution in [0.2, 0.25) is 0 Å².